The third-order valence-electron chi connectivity index (χ3n) is 5.20. The Kier molecular flexibility index (Phi) is 6.58. The lowest BCUT2D eigenvalue weighted by atomic mass is 10.2. The van der Waals surface area contributed by atoms with Gasteiger partial charge in [0.2, 0.25) is 15.9 Å². The summed E-state index contributed by atoms with van der Waals surface area (Å²) in [5.74, 6) is 0.650. The van der Waals surface area contributed by atoms with Crippen molar-refractivity contribution in [1.29, 1.82) is 0 Å². The summed E-state index contributed by atoms with van der Waals surface area (Å²) in [6.45, 7) is 6.47. The Labute approximate surface area is 177 Å². The van der Waals surface area contributed by atoms with Crippen molar-refractivity contribution >= 4 is 32.7 Å². The number of aryl methyl sites for hydroxylation is 3. The Morgan fingerprint density at radius 2 is 1.77 bits per heavy atom. The summed E-state index contributed by atoms with van der Waals surface area (Å²) >= 11 is 0. The maximum atomic E-state index is 12.8. The minimum Gasteiger partial charge on any atom is -0.331 e. The van der Waals surface area contributed by atoms with E-state index in [-0.39, 0.29) is 17.2 Å². The van der Waals surface area contributed by atoms with E-state index in [0.29, 0.717) is 25.0 Å². The van der Waals surface area contributed by atoms with Crippen LogP contribution in [0.4, 0.5) is 5.69 Å². The number of rotatable bonds is 8. The first-order chi connectivity index (χ1) is 14.3. The zero-order valence-electron chi connectivity index (χ0n) is 17.8. The summed E-state index contributed by atoms with van der Waals surface area (Å²) in [6, 6.07) is 12.6. The molecule has 0 radical (unpaired) electrons. The SMILES string of the molecule is CCN(CC)S(=O)(=O)c1ccc2c(c1)nc(CCC(=O)Nc1ccc(C)cc1)n2C. The van der Waals surface area contributed by atoms with E-state index in [1.807, 2.05) is 56.7 Å². The Bertz CT molecular complexity index is 1150. The van der Waals surface area contributed by atoms with E-state index in [9.17, 15) is 13.2 Å². The van der Waals surface area contributed by atoms with Crippen LogP contribution in [0, 0.1) is 6.92 Å². The zero-order chi connectivity index (χ0) is 21.9. The summed E-state index contributed by atoms with van der Waals surface area (Å²) in [6.07, 6.45) is 0.747. The highest BCUT2D eigenvalue weighted by molar-refractivity contribution is 7.89. The van der Waals surface area contributed by atoms with Crippen molar-refractivity contribution in [1.82, 2.24) is 13.9 Å². The molecule has 30 heavy (non-hydrogen) atoms. The number of nitrogens with one attached hydrogen (secondary N) is 1. The van der Waals surface area contributed by atoms with Gasteiger partial charge in [-0.1, -0.05) is 31.5 Å². The third kappa shape index (κ3) is 4.55. The molecule has 0 aliphatic carbocycles. The van der Waals surface area contributed by atoms with Crippen LogP contribution in [-0.2, 0) is 28.3 Å². The zero-order valence-corrected chi connectivity index (χ0v) is 18.7. The van der Waals surface area contributed by atoms with Crippen LogP contribution in [-0.4, -0.2) is 41.3 Å². The standard InChI is InChI=1S/C22H28N4O3S/c1-5-26(6-2)30(28,29)18-11-12-20-19(15-18)24-21(25(20)4)13-14-22(27)23-17-9-7-16(3)8-10-17/h7-12,15H,5-6,13-14H2,1-4H3,(H,23,27). The molecule has 0 spiro atoms. The minimum absolute atomic E-state index is 0.0873. The maximum absolute atomic E-state index is 12.8. The lowest BCUT2D eigenvalue weighted by Crippen LogP contribution is -2.30. The van der Waals surface area contributed by atoms with Gasteiger partial charge in [0.25, 0.3) is 0 Å². The van der Waals surface area contributed by atoms with E-state index < -0.39 is 10.0 Å². The average molecular weight is 429 g/mol. The van der Waals surface area contributed by atoms with Gasteiger partial charge in [0.1, 0.15) is 5.82 Å². The molecule has 0 aliphatic rings. The molecule has 0 saturated heterocycles. The predicted molar refractivity (Wildman–Crippen MR) is 119 cm³/mol. The number of carbonyl (C=O) groups is 1. The molecule has 3 rings (SSSR count). The van der Waals surface area contributed by atoms with E-state index in [0.717, 1.165) is 22.6 Å². The second kappa shape index (κ2) is 8.97. The second-order valence-electron chi connectivity index (χ2n) is 7.24. The number of anilines is 1. The fourth-order valence-electron chi connectivity index (χ4n) is 3.41. The van der Waals surface area contributed by atoms with Gasteiger partial charge in [-0.15, -0.1) is 0 Å². The number of fused-ring (bicyclic) bond motifs is 1. The summed E-state index contributed by atoms with van der Waals surface area (Å²) in [5.41, 5.74) is 3.35. The van der Waals surface area contributed by atoms with Gasteiger partial charge in [-0.3, -0.25) is 4.79 Å². The van der Waals surface area contributed by atoms with Crippen LogP contribution in [0.1, 0.15) is 31.7 Å². The molecule has 0 atom stereocenters. The summed E-state index contributed by atoms with van der Waals surface area (Å²) < 4.78 is 28.9. The molecule has 160 valence electrons. The first kappa shape index (κ1) is 22.0. The number of hydrogen-bond acceptors (Lipinski definition) is 4. The average Bonchev–Trinajstić information content (AvgIpc) is 3.04. The van der Waals surface area contributed by atoms with Gasteiger partial charge >= 0.3 is 0 Å². The number of carbonyl (C=O) groups excluding carboxylic acids is 1. The molecule has 0 bridgehead atoms. The third-order valence-corrected chi connectivity index (χ3v) is 7.24. The normalized spacial score (nSPS) is 11.9. The molecule has 0 unspecified atom stereocenters. The molecular formula is C22H28N4O3S. The highest BCUT2D eigenvalue weighted by atomic mass is 32.2. The Balaban J connectivity index is 1.76. The summed E-state index contributed by atoms with van der Waals surface area (Å²) in [4.78, 5) is 17.1. The van der Waals surface area contributed by atoms with Crippen LogP contribution in [0.15, 0.2) is 47.4 Å². The molecule has 7 nitrogen and oxygen atoms in total. The molecule has 0 fully saturated rings. The highest BCUT2D eigenvalue weighted by Crippen LogP contribution is 2.23. The Morgan fingerprint density at radius 3 is 2.40 bits per heavy atom. The Morgan fingerprint density at radius 1 is 1.10 bits per heavy atom. The van der Waals surface area contributed by atoms with Gasteiger partial charge in [0.15, 0.2) is 0 Å². The van der Waals surface area contributed by atoms with Crippen LogP contribution in [0.5, 0.6) is 0 Å². The molecule has 3 aromatic rings. The van der Waals surface area contributed by atoms with Gasteiger partial charge in [0.05, 0.1) is 15.9 Å². The second-order valence-corrected chi connectivity index (χ2v) is 9.18. The monoisotopic (exact) mass is 428 g/mol. The molecule has 8 heteroatoms. The van der Waals surface area contributed by atoms with Crippen molar-refractivity contribution in [3.63, 3.8) is 0 Å². The van der Waals surface area contributed by atoms with Crippen LogP contribution in [0.25, 0.3) is 11.0 Å². The lowest BCUT2D eigenvalue weighted by molar-refractivity contribution is -0.116. The quantitative estimate of drug-likeness (QED) is 0.595. The molecule has 1 aromatic heterocycles. The molecule has 1 heterocycles. The Hall–Kier alpha value is -2.71. The fraction of sp³-hybridized carbons (Fsp3) is 0.364. The molecule has 1 amide bonds. The maximum Gasteiger partial charge on any atom is 0.243 e. The van der Waals surface area contributed by atoms with Crippen LogP contribution in [0.2, 0.25) is 0 Å². The fourth-order valence-corrected chi connectivity index (χ4v) is 4.89. The first-order valence-corrected chi connectivity index (χ1v) is 11.5. The number of aromatic nitrogens is 2. The lowest BCUT2D eigenvalue weighted by Gasteiger charge is -2.18. The number of benzene rings is 2. The van der Waals surface area contributed by atoms with Crippen molar-refractivity contribution in [2.45, 2.75) is 38.5 Å². The van der Waals surface area contributed by atoms with E-state index in [2.05, 4.69) is 10.3 Å². The van der Waals surface area contributed by atoms with Gasteiger partial charge in [-0.2, -0.15) is 4.31 Å². The molecule has 0 aliphatic heterocycles. The molecule has 0 saturated carbocycles. The van der Waals surface area contributed by atoms with Crippen molar-refractivity contribution in [3.8, 4) is 0 Å². The van der Waals surface area contributed by atoms with Crippen molar-refractivity contribution in [2.75, 3.05) is 18.4 Å². The van der Waals surface area contributed by atoms with E-state index in [1.54, 1.807) is 18.2 Å². The van der Waals surface area contributed by atoms with Crippen molar-refractivity contribution in [2.24, 2.45) is 7.05 Å². The summed E-state index contributed by atoms with van der Waals surface area (Å²) in [5, 5.41) is 2.89. The van der Waals surface area contributed by atoms with Crippen LogP contribution < -0.4 is 5.32 Å². The first-order valence-electron chi connectivity index (χ1n) is 10.1. The number of nitrogens with zero attached hydrogens (tertiary/aromatic N) is 3. The van der Waals surface area contributed by atoms with Gasteiger partial charge in [-0.25, -0.2) is 13.4 Å². The number of imidazole rings is 1. The smallest absolute Gasteiger partial charge is 0.243 e. The predicted octanol–water partition coefficient (Wildman–Crippen LogP) is 3.48. The number of hydrogen-bond donors (Lipinski definition) is 1. The van der Waals surface area contributed by atoms with Crippen molar-refractivity contribution in [3.05, 3.63) is 53.9 Å². The molecule has 2 aromatic carbocycles. The van der Waals surface area contributed by atoms with Gasteiger partial charge in [-0.05, 0) is 37.3 Å². The molecular weight excluding hydrogens is 400 g/mol. The number of sulfonamides is 1. The van der Waals surface area contributed by atoms with Gasteiger partial charge in [0, 0.05) is 38.7 Å². The molecule has 1 N–H and O–H groups in total. The van der Waals surface area contributed by atoms with E-state index in [4.69, 9.17) is 0 Å². The van der Waals surface area contributed by atoms with E-state index >= 15 is 0 Å². The topological polar surface area (TPSA) is 84.3 Å². The van der Waals surface area contributed by atoms with Gasteiger partial charge < -0.3 is 9.88 Å². The van der Waals surface area contributed by atoms with Crippen molar-refractivity contribution < 1.29 is 13.2 Å². The summed E-state index contributed by atoms with van der Waals surface area (Å²) in [7, 11) is -1.66. The van der Waals surface area contributed by atoms with Crippen LogP contribution >= 0.6 is 0 Å². The highest BCUT2D eigenvalue weighted by Gasteiger charge is 2.22. The van der Waals surface area contributed by atoms with E-state index in [1.165, 1.54) is 4.31 Å². The largest absolute Gasteiger partial charge is 0.331 e. The number of amides is 1. The van der Waals surface area contributed by atoms with Crippen LogP contribution in [0.3, 0.4) is 0 Å². The minimum atomic E-state index is -3.54.